The van der Waals surface area contributed by atoms with Crippen molar-refractivity contribution in [1.82, 2.24) is 9.80 Å². The summed E-state index contributed by atoms with van der Waals surface area (Å²) in [7, 11) is 5.30. The number of halogens is 1. The Bertz CT molecular complexity index is 762. The van der Waals surface area contributed by atoms with E-state index in [-0.39, 0.29) is 18.4 Å². The lowest BCUT2D eigenvalue weighted by molar-refractivity contribution is -0.117. The Labute approximate surface area is 153 Å². The first-order valence-corrected chi connectivity index (χ1v) is 8.28. The molecule has 6 heteroatoms. The summed E-state index contributed by atoms with van der Waals surface area (Å²) >= 11 is 6.04. The molecular formula is C19H22ClN3O2. The number of hydrogen-bond donors (Lipinski definition) is 1. The molecule has 2 aromatic rings. The summed E-state index contributed by atoms with van der Waals surface area (Å²) in [6.45, 7) is 0.779. The van der Waals surface area contributed by atoms with Crippen LogP contribution >= 0.6 is 11.6 Å². The first kappa shape index (κ1) is 19.0. The fourth-order valence-corrected chi connectivity index (χ4v) is 2.61. The monoisotopic (exact) mass is 359 g/mol. The fourth-order valence-electron chi connectivity index (χ4n) is 2.43. The Balaban J connectivity index is 1.95. The number of nitrogens with one attached hydrogen (secondary N) is 1. The second-order valence-electron chi connectivity index (χ2n) is 6.10. The van der Waals surface area contributed by atoms with Gasteiger partial charge < -0.3 is 10.2 Å². The van der Waals surface area contributed by atoms with Crippen LogP contribution in [0, 0.1) is 0 Å². The lowest BCUT2D eigenvalue weighted by Gasteiger charge is -2.17. The van der Waals surface area contributed by atoms with Gasteiger partial charge in [-0.25, -0.2) is 0 Å². The lowest BCUT2D eigenvalue weighted by Crippen LogP contribution is -2.30. The first-order chi connectivity index (χ1) is 11.9. The van der Waals surface area contributed by atoms with Gasteiger partial charge in [-0.05, 0) is 36.9 Å². The molecule has 0 aliphatic heterocycles. The summed E-state index contributed by atoms with van der Waals surface area (Å²) in [5.74, 6) is -0.183. The number of carbonyl (C=O) groups excluding carboxylic acids is 2. The Morgan fingerprint density at radius 3 is 2.44 bits per heavy atom. The Morgan fingerprint density at radius 1 is 1.04 bits per heavy atom. The zero-order valence-corrected chi connectivity index (χ0v) is 15.4. The van der Waals surface area contributed by atoms with Crippen molar-refractivity contribution in [1.29, 1.82) is 0 Å². The molecule has 5 nitrogen and oxygen atoms in total. The molecule has 0 unspecified atom stereocenters. The van der Waals surface area contributed by atoms with Crippen LogP contribution in [-0.2, 0) is 11.3 Å². The molecule has 2 rings (SSSR count). The van der Waals surface area contributed by atoms with E-state index < -0.39 is 0 Å². The number of benzene rings is 2. The summed E-state index contributed by atoms with van der Waals surface area (Å²) < 4.78 is 0. The molecule has 0 saturated carbocycles. The topological polar surface area (TPSA) is 52.7 Å². The van der Waals surface area contributed by atoms with Crippen molar-refractivity contribution in [3.63, 3.8) is 0 Å². The third-order valence-electron chi connectivity index (χ3n) is 3.59. The first-order valence-electron chi connectivity index (χ1n) is 7.90. The van der Waals surface area contributed by atoms with Crippen LogP contribution in [0.15, 0.2) is 48.5 Å². The molecule has 0 spiro atoms. The SMILES string of the molecule is CN(CC(=O)Nc1ccccc1Cl)Cc1cccc(C(=O)N(C)C)c1. The van der Waals surface area contributed by atoms with Crippen molar-refractivity contribution in [2.24, 2.45) is 0 Å². The fraction of sp³-hybridized carbons (Fsp3) is 0.263. The van der Waals surface area contributed by atoms with E-state index in [1.54, 1.807) is 37.2 Å². The van der Waals surface area contributed by atoms with Crippen molar-refractivity contribution in [3.8, 4) is 0 Å². The highest BCUT2D eigenvalue weighted by molar-refractivity contribution is 6.33. The Morgan fingerprint density at radius 2 is 1.76 bits per heavy atom. The van der Waals surface area contributed by atoms with Gasteiger partial charge in [0.1, 0.15) is 0 Å². The molecule has 0 radical (unpaired) electrons. The highest BCUT2D eigenvalue weighted by atomic mass is 35.5. The number of likely N-dealkylation sites (N-methyl/N-ethyl adjacent to an activating group) is 1. The number of hydrogen-bond acceptors (Lipinski definition) is 3. The highest BCUT2D eigenvalue weighted by Gasteiger charge is 2.11. The van der Waals surface area contributed by atoms with Crippen LogP contribution in [0.5, 0.6) is 0 Å². The van der Waals surface area contributed by atoms with Crippen LogP contribution in [0.3, 0.4) is 0 Å². The van der Waals surface area contributed by atoms with Crippen LogP contribution < -0.4 is 5.32 Å². The molecular weight excluding hydrogens is 338 g/mol. The van der Waals surface area contributed by atoms with E-state index in [9.17, 15) is 9.59 Å². The molecule has 25 heavy (non-hydrogen) atoms. The van der Waals surface area contributed by atoms with Crippen LogP contribution in [0.2, 0.25) is 5.02 Å². The minimum Gasteiger partial charge on any atom is -0.345 e. The molecule has 0 aliphatic carbocycles. The number of rotatable bonds is 6. The average Bonchev–Trinajstić information content (AvgIpc) is 2.56. The number of carbonyl (C=O) groups is 2. The maximum atomic E-state index is 12.2. The van der Waals surface area contributed by atoms with Crippen molar-refractivity contribution in [2.45, 2.75) is 6.54 Å². The second kappa shape index (κ2) is 8.65. The lowest BCUT2D eigenvalue weighted by atomic mass is 10.1. The van der Waals surface area contributed by atoms with Crippen molar-refractivity contribution in [3.05, 3.63) is 64.7 Å². The highest BCUT2D eigenvalue weighted by Crippen LogP contribution is 2.20. The Hall–Kier alpha value is -2.37. The molecule has 0 aromatic heterocycles. The van der Waals surface area contributed by atoms with Gasteiger partial charge >= 0.3 is 0 Å². The molecule has 0 heterocycles. The quantitative estimate of drug-likeness (QED) is 0.862. The van der Waals surface area contributed by atoms with Gasteiger partial charge in [0, 0.05) is 26.2 Å². The summed E-state index contributed by atoms with van der Waals surface area (Å²) in [6.07, 6.45) is 0. The standard InChI is InChI=1S/C19H22ClN3O2/c1-22(2)19(25)15-8-6-7-14(11-15)12-23(3)13-18(24)21-17-10-5-4-9-16(17)20/h4-11H,12-13H2,1-3H3,(H,21,24). The van der Waals surface area contributed by atoms with E-state index in [4.69, 9.17) is 11.6 Å². The molecule has 132 valence electrons. The average molecular weight is 360 g/mol. The van der Waals surface area contributed by atoms with Gasteiger partial charge in [-0.1, -0.05) is 35.9 Å². The van der Waals surface area contributed by atoms with E-state index in [0.29, 0.717) is 22.8 Å². The predicted molar refractivity (Wildman–Crippen MR) is 101 cm³/mol. The summed E-state index contributed by atoms with van der Waals surface area (Å²) in [4.78, 5) is 27.6. The van der Waals surface area contributed by atoms with Crippen LogP contribution in [-0.4, -0.2) is 49.3 Å². The van der Waals surface area contributed by atoms with Crippen LogP contribution in [0.25, 0.3) is 0 Å². The molecule has 0 saturated heterocycles. The van der Waals surface area contributed by atoms with Gasteiger partial charge in [0.2, 0.25) is 5.91 Å². The zero-order chi connectivity index (χ0) is 18.4. The predicted octanol–water partition coefficient (Wildman–Crippen LogP) is 3.11. The molecule has 0 bridgehead atoms. The van der Waals surface area contributed by atoms with E-state index in [1.165, 1.54) is 0 Å². The minimum atomic E-state index is -0.142. The van der Waals surface area contributed by atoms with Crippen molar-refractivity contribution >= 4 is 29.1 Å². The summed E-state index contributed by atoms with van der Waals surface area (Å²) in [6, 6.07) is 14.6. The van der Waals surface area contributed by atoms with Crippen molar-refractivity contribution < 1.29 is 9.59 Å². The molecule has 0 fully saturated rings. The number of amides is 2. The van der Waals surface area contributed by atoms with Crippen molar-refractivity contribution in [2.75, 3.05) is 33.0 Å². The van der Waals surface area contributed by atoms with E-state index in [0.717, 1.165) is 5.56 Å². The Kier molecular flexibility index (Phi) is 6.56. The molecule has 2 amide bonds. The van der Waals surface area contributed by atoms with Crippen LogP contribution in [0.4, 0.5) is 5.69 Å². The summed E-state index contributed by atoms with van der Waals surface area (Å²) in [5.41, 5.74) is 2.21. The van der Waals surface area contributed by atoms with Gasteiger partial charge in [-0.15, -0.1) is 0 Å². The van der Waals surface area contributed by atoms with Gasteiger partial charge in [0.05, 0.1) is 17.3 Å². The molecule has 0 atom stereocenters. The maximum Gasteiger partial charge on any atom is 0.253 e. The molecule has 1 N–H and O–H groups in total. The third kappa shape index (κ3) is 5.59. The smallest absolute Gasteiger partial charge is 0.253 e. The van der Waals surface area contributed by atoms with Gasteiger partial charge in [-0.3, -0.25) is 14.5 Å². The maximum absolute atomic E-state index is 12.2. The zero-order valence-electron chi connectivity index (χ0n) is 14.6. The minimum absolute atomic E-state index is 0.0408. The number of anilines is 1. The van der Waals surface area contributed by atoms with Gasteiger partial charge in [0.25, 0.3) is 5.91 Å². The van der Waals surface area contributed by atoms with Gasteiger partial charge in [-0.2, -0.15) is 0 Å². The van der Waals surface area contributed by atoms with Gasteiger partial charge in [0.15, 0.2) is 0 Å². The van der Waals surface area contributed by atoms with E-state index >= 15 is 0 Å². The third-order valence-corrected chi connectivity index (χ3v) is 3.92. The van der Waals surface area contributed by atoms with E-state index in [2.05, 4.69) is 5.32 Å². The van der Waals surface area contributed by atoms with E-state index in [1.807, 2.05) is 42.3 Å². The molecule has 2 aromatic carbocycles. The molecule has 0 aliphatic rings. The number of nitrogens with zero attached hydrogens (tertiary/aromatic N) is 2. The summed E-state index contributed by atoms with van der Waals surface area (Å²) in [5, 5.41) is 3.31. The normalized spacial score (nSPS) is 10.6. The number of para-hydroxylation sites is 1. The second-order valence-corrected chi connectivity index (χ2v) is 6.51. The van der Waals surface area contributed by atoms with Crippen LogP contribution in [0.1, 0.15) is 15.9 Å². The largest absolute Gasteiger partial charge is 0.345 e.